The molecule has 1 unspecified atom stereocenters. The normalized spacial score (nSPS) is 19.0. The second-order valence-electron chi connectivity index (χ2n) is 6.98. The summed E-state index contributed by atoms with van der Waals surface area (Å²) in [5, 5.41) is 6.42. The first kappa shape index (κ1) is 17.6. The minimum absolute atomic E-state index is 0.0839. The zero-order chi connectivity index (χ0) is 18.6. The van der Waals surface area contributed by atoms with Crippen LogP contribution >= 0.6 is 0 Å². The maximum absolute atomic E-state index is 12.6. The number of benzene rings is 2. The summed E-state index contributed by atoms with van der Waals surface area (Å²) in [5.74, 6) is 1.32. The second-order valence-corrected chi connectivity index (χ2v) is 6.98. The highest BCUT2D eigenvalue weighted by atomic mass is 16.5. The lowest BCUT2D eigenvalue weighted by molar-refractivity contribution is -0.113. The smallest absolute Gasteiger partial charge is 0.252 e. The third-order valence-electron chi connectivity index (χ3n) is 4.92. The zero-order valence-electron chi connectivity index (χ0n) is 15.5. The number of carbonyl (C=O) groups is 1. The highest BCUT2D eigenvalue weighted by Crippen LogP contribution is 2.32. The molecule has 140 valence electrons. The lowest BCUT2D eigenvalue weighted by Gasteiger charge is -2.24. The van der Waals surface area contributed by atoms with E-state index in [1.54, 1.807) is 0 Å². The Hall–Kier alpha value is -2.79. The van der Waals surface area contributed by atoms with Crippen molar-refractivity contribution < 1.29 is 14.3 Å². The van der Waals surface area contributed by atoms with Gasteiger partial charge in [-0.2, -0.15) is 0 Å². The van der Waals surface area contributed by atoms with Crippen LogP contribution in [-0.2, 0) is 4.79 Å². The minimum Gasteiger partial charge on any atom is -0.490 e. The van der Waals surface area contributed by atoms with E-state index in [4.69, 9.17) is 9.47 Å². The number of aryl methyl sites for hydroxylation is 1. The van der Waals surface area contributed by atoms with E-state index >= 15 is 0 Å². The molecule has 0 fully saturated rings. The average Bonchev–Trinajstić information content (AvgIpc) is 2.94. The van der Waals surface area contributed by atoms with E-state index in [0.29, 0.717) is 31.2 Å². The number of hydrogen-bond donors (Lipinski definition) is 2. The van der Waals surface area contributed by atoms with E-state index in [2.05, 4.69) is 41.8 Å². The average molecular weight is 364 g/mol. The van der Waals surface area contributed by atoms with Gasteiger partial charge < -0.3 is 20.1 Å². The number of amides is 1. The molecule has 0 bridgehead atoms. The maximum Gasteiger partial charge on any atom is 0.252 e. The van der Waals surface area contributed by atoms with Crippen LogP contribution in [0.25, 0.3) is 0 Å². The molecule has 2 heterocycles. The lowest BCUT2D eigenvalue weighted by atomic mass is 9.97. The molecule has 0 radical (unpaired) electrons. The van der Waals surface area contributed by atoms with Gasteiger partial charge in [-0.15, -0.1) is 0 Å². The Morgan fingerprint density at radius 2 is 1.85 bits per heavy atom. The Bertz CT molecular complexity index is 858. The van der Waals surface area contributed by atoms with Crippen molar-refractivity contribution in [2.45, 2.75) is 25.8 Å². The van der Waals surface area contributed by atoms with E-state index < -0.39 is 0 Å². The van der Waals surface area contributed by atoms with E-state index in [9.17, 15) is 4.79 Å². The molecule has 1 atom stereocenters. The van der Waals surface area contributed by atoms with Crippen molar-refractivity contribution in [1.29, 1.82) is 0 Å². The fourth-order valence-electron chi connectivity index (χ4n) is 3.33. The largest absolute Gasteiger partial charge is 0.490 e. The van der Waals surface area contributed by atoms with Crippen LogP contribution in [0.4, 0.5) is 5.69 Å². The Morgan fingerprint density at radius 1 is 1.07 bits per heavy atom. The summed E-state index contributed by atoms with van der Waals surface area (Å²) in [6.45, 7) is 3.91. The number of rotatable bonds is 3. The van der Waals surface area contributed by atoms with Gasteiger partial charge in [-0.25, -0.2) is 0 Å². The van der Waals surface area contributed by atoms with E-state index in [-0.39, 0.29) is 11.9 Å². The molecule has 5 heteroatoms. The number of fused-ring (bicyclic) bond motifs is 1. The van der Waals surface area contributed by atoms with Crippen LogP contribution in [0.15, 0.2) is 54.1 Å². The first-order valence-electron chi connectivity index (χ1n) is 9.39. The van der Waals surface area contributed by atoms with E-state index in [1.807, 2.05) is 24.3 Å². The molecule has 2 N–H and O–H groups in total. The molecule has 2 aromatic rings. The van der Waals surface area contributed by atoms with Crippen molar-refractivity contribution in [2.75, 3.05) is 25.1 Å². The van der Waals surface area contributed by atoms with Gasteiger partial charge in [-0.1, -0.05) is 35.9 Å². The SMILES string of the molecule is Cc1ccc(C2CC=C(C(=O)Nc3ccc4c(c3)OCCCO4)CN2)cc1. The van der Waals surface area contributed by atoms with Gasteiger partial charge in [0, 0.05) is 36.3 Å². The predicted molar refractivity (Wildman–Crippen MR) is 105 cm³/mol. The van der Waals surface area contributed by atoms with Crippen molar-refractivity contribution >= 4 is 11.6 Å². The summed E-state index contributed by atoms with van der Waals surface area (Å²) in [5.41, 5.74) is 3.97. The molecule has 2 aromatic carbocycles. The Kier molecular flexibility index (Phi) is 5.12. The summed E-state index contributed by atoms with van der Waals surface area (Å²) in [4.78, 5) is 12.6. The third kappa shape index (κ3) is 4.14. The molecule has 1 amide bonds. The molecule has 2 aliphatic rings. The molecule has 0 spiro atoms. The number of ether oxygens (including phenoxy) is 2. The van der Waals surface area contributed by atoms with Crippen molar-refractivity contribution in [3.05, 3.63) is 65.2 Å². The topological polar surface area (TPSA) is 59.6 Å². The molecule has 27 heavy (non-hydrogen) atoms. The molecular formula is C22H24N2O3. The highest BCUT2D eigenvalue weighted by molar-refractivity contribution is 6.04. The van der Waals surface area contributed by atoms with Gasteiger partial charge in [0.05, 0.1) is 13.2 Å². The molecule has 0 saturated heterocycles. The van der Waals surface area contributed by atoms with Gasteiger partial charge in [-0.3, -0.25) is 4.79 Å². The summed E-state index contributed by atoms with van der Waals surface area (Å²) in [7, 11) is 0. The van der Waals surface area contributed by atoms with E-state index in [0.717, 1.165) is 24.2 Å². The number of nitrogens with one attached hydrogen (secondary N) is 2. The molecule has 0 saturated carbocycles. The fourth-order valence-corrected chi connectivity index (χ4v) is 3.33. The number of carbonyl (C=O) groups excluding carboxylic acids is 1. The molecule has 2 aliphatic heterocycles. The lowest BCUT2D eigenvalue weighted by Crippen LogP contribution is -2.31. The Labute approximate surface area is 159 Å². The molecule has 0 aromatic heterocycles. The summed E-state index contributed by atoms with van der Waals surface area (Å²) >= 11 is 0. The second kappa shape index (κ2) is 7.84. The third-order valence-corrected chi connectivity index (χ3v) is 4.92. The van der Waals surface area contributed by atoms with Crippen LogP contribution < -0.4 is 20.1 Å². The molecule has 4 rings (SSSR count). The van der Waals surface area contributed by atoms with Gasteiger partial charge in [0.25, 0.3) is 5.91 Å². The first-order chi connectivity index (χ1) is 13.2. The Morgan fingerprint density at radius 3 is 2.59 bits per heavy atom. The van der Waals surface area contributed by atoms with E-state index in [1.165, 1.54) is 11.1 Å². The quantitative estimate of drug-likeness (QED) is 0.871. The van der Waals surface area contributed by atoms with Gasteiger partial charge in [0.1, 0.15) is 0 Å². The van der Waals surface area contributed by atoms with Crippen LogP contribution in [-0.4, -0.2) is 25.7 Å². The predicted octanol–water partition coefficient (Wildman–Crippen LogP) is 3.76. The minimum atomic E-state index is -0.0839. The van der Waals surface area contributed by atoms with Crippen LogP contribution in [0.1, 0.15) is 30.0 Å². The summed E-state index contributed by atoms with van der Waals surface area (Å²) in [6.07, 6.45) is 3.68. The fraction of sp³-hybridized carbons (Fsp3) is 0.318. The summed E-state index contributed by atoms with van der Waals surface area (Å²) < 4.78 is 11.3. The zero-order valence-corrected chi connectivity index (χ0v) is 15.5. The van der Waals surface area contributed by atoms with Crippen molar-refractivity contribution in [3.63, 3.8) is 0 Å². The molecular weight excluding hydrogens is 340 g/mol. The van der Waals surface area contributed by atoms with Crippen LogP contribution in [0, 0.1) is 6.92 Å². The number of hydrogen-bond acceptors (Lipinski definition) is 4. The van der Waals surface area contributed by atoms with Gasteiger partial charge in [0.2, 0.25) is 0 Å². The van der Waals surface area contributed by atoms with Crippen molar-refractivity contribution in [3.8, 4) is 11.5 Å². The highest BCUT2D eigenvalue weighted by Gasteiger charge is 2.20. The van der Waals surface area contributed by atoms with Crippen LogP contribution in [0.2, 0.25) is 0 Å². The first-order valence-corrected chi connectivity index (χ1v) is 9.39. The van der Waals surface area contributed by atoms with Gasteiger partial charge >= 0.3 is 0 Å². The number of anilines is 1. The van der Waals surface area contributed by atoms with Gasteiger partial charge in [-0.05, 0) is 31.0 Å². The molecule has 0 aliphatic carbocycles. The summed E-state index contributed by atoms with van der Waals surface area (Å²) in [6, 6.07) is 14.3. The van der Waals surface area contributed by atoms with Crippen LogP contribution in [0.3, 0.4) is 0 Å². The van der Waals surface area contributed by atoms with Crippen molar-refractivity contribution in [1.82, 2.24) is 5.32 Å². The van der Waals surface area contributed by atoms with Crippen LogP contribution in [0.5, 0.6) is 11.5 Å². The Balaban J connectivity index is 1.40. The van der Waals surface area contributed by atoms with Crippen molar-refractivity contribution in [2.24, 2.45) is 0 Å². The standard InChI is InChI=1S/C22H24N2O3/c1-15-3-5-16(6-4-15)19-9-7-17(14-23-19)22(25)24-18-8-10-20-21(13-18)27-12-2-11-26-20/h3-8,10,13,19,23H,2,9,11-12,14H2,1H3,(H,24,25). The maximum atomic E-state index is 12.6. The van der Waals surface area contributed by atoms with Gasteiger partial charge in [0.15, 0.2) is 11.5 Å². The molecule has 5 nitrogen and oxygen atoms in total. The monoisotopic (exact) mass is 364 g/mol.